The lowest BCUT2D eigenvalue weighted by atomic mass is 9.91. The summed E-state index contributed by atoms with van der Waals surface area (Å²) >= 11 is -0.894. The molecule has 1 radical (unpaired) electrons. The molecule has 121 valence electrons. The van der Waals surface area contributed by atoms with E-state index in [1.165, 1.54) is 32.1 Å². The first-order chi connectivity index (χ1) is 11.3. The van der Waals surface area contributed by atoms with E-state index >= 15 is 0 Å². The van der Waals surface area contributed by atoms with E-state index in [0.717, 1.165) is 27.5 Å². The molecule has 0 N–H and O–H groups in total. The molecule has 3 heteroatoms. The highest BCUT2D eigenvalue weighted by Gasteiger charge is 2.21. The van der Waals surface area contributed by atoms with Crippen molar-refractivity contribution < 1.29 is 9.29 Å². The number of methoxy groups -OCH3 is 1. The third-order valence-corrected chi connectivity index (χ3v) is 6.13. The van der Waals surface area contributed by atoms with Gasteiger partial charge in [-0.1, -0.05) is 31.4 Å². The summed E-state index contributed by atoms with van der Waals surface area (Å²) in [6.45, 7) is 0. The fraction of sp³-hybridized carbons (Fsp3) is 0.400. The van der Waals surface area contributed by atoms with Gasteiger partial charge in [0, 0.05) is 11.5 Å². The summed E-state index contributed by atoms with van der Waals surface area (Å²) < 4.78 is 17.9. The van der Waals surface area contributed by atoms with Crippen LogP contribution in [0.4, 0.5) is 0 Å². The molecule has 1 aliphatic carbocycles. The summed E-state index contributed by atoms with van der Waals surface area (Å²) in [5, 5.41) is 0. The molecular weight excluding hydrogens is 304 g/mol. The Hall–Kier alpha value is -1.45. The van der Waals surface area contributed by atoms with Crippen LogP contribution >= 0.6 is 0 Å². The molecule has 0 amide bonds. The zero-order valence-corrected chi connectivity index (χ0v) is 14.4. The van der Waals surface area contributed by atoms with Crippen molar-refractivity contribution in [3.63, 3.8) is 0 Å². The maximum absolute atomic E-state index is 12.6. The van der Waals surface area contributed by atoms with Crippen LogP contribution in [0.15, 0.2) is 47.4 Å². The van der Waals surface area contributed by atoms with Crippen molar-refractivity contribution in [1.82, 2.24) is 0 Å². The van der Waals surface area contributed by atoms with E-state index in [4.69, 9.17) is 4.74 Å². The molecule has 0 spiro atoms. The summed E-state index contributed by atoms with van der Waals surface area (Å²) in [5.41, 5.74) is 1.99. The number of benzene rings is 2. The number of ether oxygens (including phenoxy) is 1. The predicted molar refractivity (Wildman–Crippen MR) is 95.1 cm³/mol. The molecule has 1 unspecified atom stereocenters. The maximum atomic E-state index is 12.6. The SMILES string of the molecule is COc1ccc[c]c1-c1ccc([S+]([O-])CC2CCCCC2)cc1. The number of rotatable bonds is 5. The minimum atomic E-state index is -0.894. The summed E-state index contributed by atoms with van der Waals surface area (Å²) in [4.78, 5) is 0.925. The van der Waals surface area contributed by atoms with Crippen molar-refractivity contribution in [2.24, 2.45) is 5.92 Å². The van der Waals surface area contributed by atoms with Gasteiger partial charge >= 0.3 is 0 Å². The second-order valence-corrected chi connectivity index (χ2v) is 7.65. The highest BCUT2D eigenvalue weighted by atomic mass is 32.2. The lowest BCUT2D eigenvalue weighted by Crippen LogP contribution is -2.18. The molecule has 2 aromatic carbocycles. The smallest absolute Gasteiger partial charge is 0.152 e. The fourth-order valence-electron chi connectivity index (χ4n) is 3.25. The first-order valence-electron chi connectivity index (χ1n) is 8.31. The summed E-state index contributed by atoms with van der Waals surface area (Å²) in [5.74, 6) is 2.25. The normalized spacial score (nSPS) is 17.0. The minimum absolute atomic E-state index is 0.631. The Bertz CT molecular complexity index is 618. The molecule has 23 heavy (non-hydrogen) atoms. The molecule has 1 aliphatic rings. The largest absolute Gasteiger partial charge is 0.611 e. The average Bonchev–Trinajstić information content (AvgIpc) is 2.62. The Balaban J connectivity index is 1.71. The molecule has 2 nitrogen and oxygen atoms in total. The fourth-order valence-corrected chi connectivity index (χ4v) is 4.65. The van der Waals surface area contributed by atoms with Crippen LogP contribution in [0.25, 0.3) is 11.1 Å². The zero-order chi connectivity index (χ0) is 16.1. The third kappa shape index (κ3) is 4.10. The highest BCUT2D eigenvalue weighted by Crippen LogP contribution is 2.31. The van der Waals surface area contributed by atoms with Crippen LogP contribution in [0.1, 0.15) is 32.1 Å². The van der Waals surface area contributed by atoms with Crippen molar-refractivity contribution >= 4 is 11.2 Å². The van der Waals surface area contributed by atoms with E-state index in [1.54, 1.807) is 7.11 Å². The molecule has 1 fully saturated rings. The van der Waals surface area contributed by atoms with Gasteiger partial charge in [0.15, 0.2) is 4.90 Å². The van der Waals surface area contributed by atoms with E-state index < -0.39 is 11.2 Å². The van der Waals surface area contributed by atoms with Crippen LogP contribution in [0.5, 0.6) is 5.75 Å². The van der Waals surface area contributed by atoms with Crippen LogP contribution in [0.2, 0.25) is 0 Å². The molecule has 1 saturated carbocycles. The first-order valence-corrected chi connectivity index (χ1v) is 9.63. The Kier molecular flexibility index (Phi) is 5.63. The van der Waals surface area contributed by atoms with Crippen molar-refractivity contribution in [3.05, 3.63) is 48.5 Å². The Morgan fingerprint density at radius 2 is 1.87 bits per heavy atom. The highest BCUT2D eigenvalue weighted by molar-refractivity contribution is 7.91. The molecule has 0 bridgehead atoms. The Morgan fingerprint density at radius 1 is 1.13 bits per heavy atom. The molecule has 0 heterocycles. The van der Waals surface area contributed by atoms with Crippen LogP contribution in [0, 0.1) is 12.0 Å². The molecular formula is C20H23O2S. The molecule has 3 rings (SSSR count). The minimum Gasteiger partial charge on any atom is -0.611 e. The van der Waals surface area contributed by atoms with Crippen molar-refractivity contribution in [3.8, 4) is 16.9 Å². The zero-order valence-electron chi connectivity index (χ0n) is 13.6. The van der Waals surface area contributed by atoms with Gasteiger partial charge in [-0.3, -0.25) is 0 Å². The van der Waals surface area contributed by atoms with Gasteiger partial charge in [0.1, 0.15) is 11.5 Å². The Morgan fingerprint density at radius 3 is 2.57 bits per heavy atom. The van der Waals surface area contributed by atoms with E-state index in [0.29, 0.717) is 5.92 Å². The predicted octanol–water partition coefficient (Wildman–Crippen LogP) is 4.85. The van der Waals surface area contributed by atoms with Crippen LogP contribution < -0.4 is 4.74 Å². The second kappa shape index (κ2) is 7.89. The van der Waals surface area contributed by atoms with Crippen molar-refractivity contribution in [2.45, 2.75) is 37.0 Å². The van der Waals surface area contributed by atoms with Gasteiger partial charge < -0.3 is 9.29 Å². The topological polar surface area (TPSA) is 32.3 Å². The number of hydrogen-bond donors (Lipinski definition) is 0. The van der Waals surface area contributed by atoms with Crippen molar-refractivity contribution in [1.29, 1.82) is 0 Å². The number of hydrogen-bond acceptors (Lipinski definition) is 2. The lowest BCUT2D eigenvalue weighted by Gasteiger charge is -2.22. The van der Waals surface area contributed by atoms with Crippen LogP contribution in [0.3, 0.4) is 0 Å². The summed E-state index contributed by atoms with van der Waals surface area (Å²) in [6, 6.07) is 16.9. The quantitative estimate of drug-likeness (QED) is 0.735. The van der Waals surface area contributed by atoms with E-state index in [9.17, 15) is 4.55 Å². The molecule has 2 aromatic rings. The summed E-state index contributed by atoms with van der Waals surface area (Å²) in [7, 11) is 1.67. The molecule has 0 aromatic heterocycles. The molecule has 0 aliphatic heterocycles. The average molecular weight is 327 g/mol. The van der Waals surface area contributed by atoms with Gasteiger partial charge in [-0.05, 0) is 66.0 Å². The van der Waals surface area contributed by atoms with Crippen LogP contribution in [-0.4, -0.2) is 17.4 Å². The van der Waals surface area contributed by atoms with Crippen LogP contribution in [-0.2, 0) is 11.2 Å². The monoisotopic (exact) mass is 327 g/mol. The maximum Gasteiger partial charge on any atom is 0.152 e. The second-order valence-electron chi connectivity index (χ2n) is 6.15. The summed E-state index contributed by atoms with van der Waals surface area (Å²) in [6.07, 6.45) is 6.40. The van der Waals surface area contributed by atoms with Gasteiger partial charge in [0.2, 0.25) is 0 Å². The van der Waals surface area contributed by atoms with Gasteiger partial charge in [0.05, 0.1) is 7.11 Å². The standard InChI is InChI=1S/C20H23O2S/c1-22-20-10-6-5-9-19(20)17-11-13-18(14-12-17)23(21)15-16-7-3-2-4-8-16/h5-6,10-14,16H,2-4,7-8,15H2,1H3. The van der Waals surface area contributed by atoms with Gasteiger partial charge in [-0.2, -0.15) is 0 Å². The van der Waals surface area contributed by atoms with Gasteiger partial charge in [0.25, 0.3) is 0 Å². The van der Waals surface area contributed by atoms with E-state index in [2.05, 4.69) is 6.07 Å². The van der Waals surface area contributed by atoms with Gasteiger partial charge in [-0.25, -0.2) is 0 Å². The molecule has 1 atom stereocenters. The Labute approximate surface area is 142 Å². The first kappa shape index (κ1) is 16.4. The van der Waals surface area contributed by atoms with E-state index in [1.807, 2.05) is 42.5 Å². The van der Waals surface area contributed by atoms with Gasteiger partial charge in [-0.15, -0.1) is 0 Å². The van der Waals surface area contributed by atoms with Crippen molar-refractivity contribution in [2.75, 3.05) is 12.9 Å². The molecule has 0 saturated heterocycles. The van der Waals surface area contributed by atoms with E-state index in [-0.39, 0.29) is 0 Å². The third-order valence-electron chi connectivity index (χ3n) is 4.56. The lowest BCUT2D eigenvalue weighted by molar-refractivity contribution is 0.385.